The van der Waals surface area contributed by atoms with E-state index >= 15 is 0 Å². The average molecular weight is 362 g/mol. The van der Waals surface area contributed by atoms with Crippen LogP contribution in [0.25, 0.3) is 0 Å². The number of benzene rings is 1. The average Bonchev–Trinajstić information content (AvgIpc) is 2.63. The van der Waals surface area contributed by atoms with Crippen molar-refractivity contribution in [2.75, 3.05) is 39.4 Å². The summed E-state index contributed by atoms with van der Waals surface area (Å²) in [6.45, 7) is 4.74. The number of amides is 1. The molecule has 1 aromatic heterocycles. The van der Waals surface area contributed by atoms with Gasteiger partial charge in [0.15, 0.2) is 0 Å². The molecule has 1 N–H and O–H groups in total. The fourth-order valence-corrected chi connectivity index (χ4v) is 2.68. The summed E-state index contributed by atoms with van der Waals surface area (Å²) in [4.78, 5) is 18.6. The van der Waals surface area contributed by atoms with Crippen molar-refractivity contribution in [1.82, 2.24) is 15.2 Å². The Hall–Kier alpha value is -2.15. The highest BCUT2D eigenvalue weighted by Crippen LogP contribution is 2.21. The van der Waals surface area contributed by atoms with Crippen LogP contribution in [-0.2, 0) is 4.74 Å². The number of carbonyl (C=O) groups is 1. The fraction of sp³-hybridized carbons (Fsp3) is 0.333. The van der Waals surface area contributed by atoms with Gasteiger partial charge in [-0.05, 0) is 24.3 Å². The van der Waals surface area contributed by atoms with E-state index in [2.05, 4.69) is 15.2 Å². The summed E-state index contributed by atoms with van der Waals surface area (Å²) in [5.74, 6) is 0.797. The third-order valence-corrected chi connectivity index (χ3v) is 4.04. The van der Waals surface area contributed by atoms with Crippen molar-refractivity contribution in [1.29, 1.82) is 0 Å². The SMILES string of the molecule is O=C(NCCN1CCOCC1)c1cccc(Oc2cccc(Cl)n2)c1. The van der Waals surface area contributed by atoms with E-state index in [1.165, 1.54) is 0 Å². The van der Waals surface area contributed by atoms with Crippen LogP contribution in [0.1, 0.15) is 10.4 Å². The second-order valence-electron chi connectivity index (χ2n) is 5.64. The van der Waals surface area contributed by atoms with Gasteiger partial charge in [0, 0.05) is 37.8 Å². The maximum Gasteiger partial charge on any atom is 0.251 e. The summed E-state index contributed by atoms with van der Waals surface area (Å²) in [6, 6.07) is 12.1. The highest BCUT2D eigenvalue weighted by molar-refractivity contribution is 6.29. The topological polar surface area (TPSA) is 63.7 Å². The molecule has 6 nitrogen and oxygen atoms in total. The predicted molar refractivity (Wildman–Crippen MR) is 95.4 cm³/mol. The normalized spacial score (nSPS) is 14.9. The number of ether oxygens (including phenoxy) is 2. The number of halogens is 1. The molecule has 1 fully saturated rings. The summed E-state index contributed by atoms with van der Waals surface area (Å²) in [6.07, 6.45) is 0. The maximum absolute atomic E-state index is 12.3. The van der Waals surface area contributed by atoms with Gasteiger partial charge in [-0.25, -0.2) is 4.98 Å². The van der Waals surface area contributed by atoms with Crippen molar-refractivity contribution in [3.05, 3.63) is 53.2 Å². The summed E-state index contributed by atoms with van der Waals surface area (Å²) in [5, 5.41) is 3.29. The van der Waals surface area contributed by atoms with E-state index in [0.717, 1.165) is 32.8 Å². The van der Waals surface area contributed by atoms with Gasteiger partial charge < -0.3 is 14.8 Å². The van der Waals surface area contributed by atoms with Crippen LogP contribution in [0.3, 0.4) is 0 Å². The lowest BCUT2D eigenvalue weighted by Gasteiger charge is -2.26. The van der Waals surface area contributed by atoms with Gasteiger partial charge in [-0.3, -0.25) is 9.69 Å². The zero-order valence-electron chi connectivity index (χ0n) is 13.8. The summed E-state index contributed by atoms with van der Waals surface area (Å²) in [5.41, 5.74) is 0.543. The number of nitrogens with one attached hydrogen (secondary N) is 1. The van der Waals surface area contributed by atoms with Gasteiger partial charge in [-0.1, -0.05) is 23.7 Å². The van der Waals surface area contributed by atoms with E-state index in [4.69, 9.17) is 21.1 Å². The maximum atomic E-state index is 12.3. The van der Waals surface area contributed by atoms with Gasteiger partial charge in [0.25, 0.3) is 5.91 Å². The molecule has 0 unspecified atom stereocenters. The molecule has 1 saturated heterocycles. The molecule has 1 aromatic carbocycles. The number of pyridine rings is 1. The van der Waals surface area contributed by atoms with Crippen molar-refractivity contribution in [2.45, 2.75) is 0 Å². The minimum absolute atomic E-state index is 0.127. The first kappa shape index (κ1) is 17.7. The van der Waals surface area contributed by atoms with Gasteiger partial charge >= 0.3 is 0 Å². The van der Waals surface area contributed by atoms with Crippen molar-refractivity contribution in [3.63, 3.8) is 0 Å². The molecule has 7 heteroatoms. The first-order valence-corrected chi connectivity index (χ1v) is 8.57. The molecule has 2 aromatic rings. The third-order valence-electron chi connectivity index (χ3n) is 3.83. The van der Waals surface area contributed by atoms with E-state index in [-0.39, 0.29) is 5.91 Å². The number of rotatable bonds is 6. The quantitative estimate of drug-likeness (QED) is 0.801. The Bertz CT molecular complexity index is 720. The van der Waals surface area contributed by atoms with Gasteiger partial charge in [0.05, 0.1) is 13.2 Å². The highest BCUT2D eigenvalue weighted by Gasteiger charge is 2.11. The Morgan fingerprint density at radius 1 is 1.24 bits per heavy atom. The summed E-state index contributed by atoms with van der Waals surface area (Å²) >= 11 is 5.85. The van der Waals surface area contributed by atoms with Gasteiger partial charge in [0.2, 0.25) is 5.88 Å². The molecule has 3 rings (SSSR count). The van der Waals surface area contributed by atoms with E-state index in [1.807, 2.05) is 0 Å². The summed E-state index contributed by atoms with van der Waals surface area (Å²) < 4.78 is 11.0. The Kier molecular flexibility index (Phi) is 6.22. The molecule has 0 aliphatic carbocycles. The highest BCUT2D eigenvalue weighted by atomic mass is 35.5. The Morgan fingerprint density at radius 2 is 2.04 bits per heavy atom. The smallest absolute Gasteiger partial charge is 0.251 e. The van der Waals surface area contributed by atoms with Crippen LogP contribution in [0.5, 0.6) is 11.6 Å². The number of hydrogen-bond acceptors (Lipinski definition) is 5. The van der Waals surface area contributed by atoms with Crippen LogP contribution in [-0.4, -0.2) is 55.2 Å². The lowest BCUT2D eigenvalue weighted by molar-refractivity contribution is 0.0383. The first-order chi connectivity index (χ1) is 12.2. The van der Waals surface area contributed by atoms with Crippen LogP contribution in [0, 0.1) is 0 Å². The largest absolute Gasteiger partial charge is 0.439 e. The number of hydrogen-bond donors (Lipinski definition) is 1. The Morgan fingerprint density at radius 3 is 2.84 bits per heavy atom. The second-order valence-corrected chi connectivity index (χ2v) is 6.03. The van der Waals surface area contributed by atoms with Gasteiger partial charge in [-0.15, -0.1) is 0 Å². The molecule has 1 aliphatic rings. The van der Waals surface area contributed by atoms with E-state index in [1.54, 1.807) is 42.5 Å². The molecule has 0 bridgehead atoms. The minimum atomic E-state index is -0.127. The molecule has 0 radical (unpaired) electrons. The number of nitrogens with zero attached hydrogens (tertiary/aromatic N) is 2. The van der Waals surface area contributed by atoms with E-state index < -0.39 is 0 Å². The van der Waals surface area contributed by atoms with Crippen LogP contribution < -0.4 is 10.1 Å². The third kappa shape index (κ3) is 5.42. The van der Waals surface area contributed by atoms with Crippen molar-refractivity contribution < 1.29 is 14.3 Å². The zero-order valence-corrected chi connectivity index (χ0v) is 14.5. The fourth-order valence-electron chi connectivity index (χ4n) is 2.52. The molecule has 0 saturated carbocycles. The lowest BCUT2D eigenvalue weighted by atomic mass is 10.2. The molecular formula is C18H20ClN3O3. The van der Waals surface area contributed by atoms with Crippen LogP contribution in [0.15, 0.2) is 42.5 Å². The number of morpholine rings is 1. The van der Waals surface area contributed by atoms with Crippen LogP contribution in [0.4, 0.5) is 0 Å². The first-order valence-electron chi connectivity index (χ1n) is 8.19. The molecule has 2 heterocycles. The Balaban J connectivity index is 1.54. The molecule has 1 amide bonds. The van der Waals surface area contributed by atoms with Gasteiger partial charge in [-0.2, -0.15) is 0 Å². The molecule has 0 atom stereocenters. The predicted octanol–water partition coefficient (Wildman–Crippen LogP) is 2.59. The van der Waals surface area contributed by atoms with Crippen molar-refractivity contribution in [2.24, 2.45) is 0 Å². The molecule has 132 valence electrons. The van der Waals surface area contributed by atoms with Crippen LogP contribution >= 0.6 is 11.6 Å². The monoisotopic (exact) mass is 361 g/mol. The molecule has 0 spiro atoms. The summed E-state index contributed by atoms with van der Waals surface area (Å²) in [7, 11) is 0. The van der Waals surface area contributed by atoms with Crippen LogP contribution in [0.2, 0.25) is 5.15 Å². The van der Waals surface area contributed by atoms with Crippen molar-refractivity contribution >= 4 is 17.5 Å². The van der Waals surface area contributed by atoms with E-state index in [9.17, 15) is 4.79 Å². The van der Waals surface area contributed by atoms with E-state index in [0.29, 0.717) is 28.9 Å². The van der Waals surface area contributed by atoms with Crippen molar-refractivity contribution in [3.8, 4) is 11.6 Å². The minimum Gasteiger partial charge on any atom is -0.439 e. The Labute approximate surface area is 151 Å². The lowest BCUT2D eigenvalue weighted by Crippen LogP contribution is -2.41. The van der Waals surface area contributed by atoms with Gasteiger partial charge in [0.1, 0.15) is 10.9 Å². The number of carbonyl (C=O) groups excluding carboxylic acids is 1. The molecule has 25 heavy (non-hydrogen) atoms. The zero-order chi connectivity index (χ0) is 17.5. The molecule has 1 aliphatic heterocycles. The molecular weight excluding hydrogens is 342 g/mol. The second kappa shape index (κ2) is 8.80. The number of aromatic nitrogens is 1. The standard InChI is InChI=1S/C18H20ClN3O3/c19-16-5-2-6-17(21-16)25-15-4-1-3-14(13-15)18(23)20-7-8-22-9-11-24-12-10-22/h1-6,13H,7-12H2,(H,20,23).